The van der Waals surface area contributed by atoms with Gasteiger partial charge in [-0.3, -0.25) is 14.5 Å². The van der Waals surface area contributed by atoms with Gasteiger partial charge in [0.25, 0.3) is 11.8 Å². The summed E-state index contributed by atoms with van der Waals surface area (Å²) in [7, 11) is 1.65. The molecule has 4 atom stereocenters. The molecule has 3 aliphatic rings. The van der Waals surface area contributed by atoms with Gasteiger partial charge < -0.3 is 19.5 Å². The first kappa shape index (κ1) is 31.3. The molecule has 2 amide bonds. The van der Waals surface area contributed by atoms with E-state index in [2.05, 4.69) is 32.9 Å². The third kappa shape index (κ3) is 4.56. The summed E-state index contributed by atoms with van der Waals surface area (Å²) in [5.74, 6) is 0.153. The fourth-order valence-electron chi connectivity index (χ4n) is 8.93. The van der Waals surface area contributed by atoms with Crippen LogP contribution in [-0.4, -0.2) is 36.7 Å². The van der Waals surface area contributed by atoms with Crippen molar-refractivity contribution in [2.45, 2.75) is 50.9 Å². The predicted octanol–water partition coefficient (Wildman–Crippen LogP) is 7.89. The van der Waals surface area contributed by atoms with Crippen LogP contribution in [0.15, 0.2) is 109 Å². The lowest BCUT2D eigenvalue weighted by molar-refractivity contribution is -0.146. The smallest absolute Gasteiger partial charge is 0.264 e. The molecule has 248 valence electrons. The van der Waals surface area contributed by atoms with Crippen LogP contribution >= 0.6 is 0 Å². The standard InChI is InChI=1S/C42H40N2O5/c1-26-38(41(2,3)29-16-19-31(48-4)20-17-29)36(22-23-45)49-42(26)33-24-30(18-21-34(33)43(40(42)47)25-27-10-6-5-7-11-27)44-35-15-9-13-28-12-8-14-32(37(28)35)39(44)46/h5-21,24,26,36,38,45H,22-23,25H2,1-4H3/t26-,36+,38-,42+/m1/s1. The van der Waals surface area contributed by atoms with Crippen molar-refractivity contribution in [3.8, 4) is 5.75 Å². The fourth-order valence-corrected chi connectivity index (χ4v) is 8.93. The van der Waals surface area contributed by atoms with Crippen LogP contribution in [0.1, 0.15) is 54.2 Å². The Kier molecular flexibility index (Phi) is 7.39. The largest absolute Gasteiger partial charge is 0.497 e. The number of aliphatic hydroxyl groups excluding tert-OH is 1. The van der Waals surface area contributed by atoms with Crippen LogP contribution in [0.3, 0.4) is 0 Å². The summed E-state index contributed by atoms with van der Waals surface area (Å²) in [6.45, 7) is 6.83. The van der Waals surface area contributed by atoms with E-state index in [1.54, 1.807) is 12.0 Å². The van der Waals surface area contributed by atoms with Crippen LogP contribution in [0.5, 0.6) is 5.75 Å². The number of hydrogen-bond acceptors (Lipinski definition) is 5. The minimum absolute atomic E-state index is 0.0674. The SMILES string of the molecule is COc1ccc(C(C)(C)[C@H]2[C@H](CCO)O[C@@]3(C(=O)N(Cc4ccccc4)c4ccc(N5C(=O)c6cccc7cccc5c67)cc43)[C@@H]2C)cc1. The quantitative estimate of drug-likeness (QED) is 0.184. The lowest BCUT2D eigenvalue weighted by Gasteiger charge is -2.38. The molecule has 49 heavy (non-hydrogen) atoms. The van der Waals surface area contributed by atoms with Gasteiger partial charge in [0.2, 0.25) is 0 Å². The molecule has 1 saturated heterocycles. The van der Waals surface area contributed by atoms with Gasteiger partial charge in [0.15, 0.2) is 5.60 Å². The number of nitrogens with zero attached hydrogens (tertiary/aromatic N) is 2. The van der Waals surface area contributed by atoms with Crippen LogP contribution < -0.4 is 14.5 Å². The van der Waals surface area contributed by atoms with Crippen molar-refractivity contribution >= 4 is 39.6 Å². The monoisotopic (exact) mass is 652 g/mol. The minimum atomic E-state index is -1.32. The average Bonchev–Trinajstić information content (AvgIpc) is 3.67. The average molecular weight is 653 g/mol. The number of carbonyl (C=O) groups is 2. The maximum absolute atomic E-state index is 15.1. The van der Waals surface area contributed by atoms with Crippen molar-refractivity contribution in [3.05, 3.63) is 131 Å². The molecule has 0 unspecified atom stereocenters. The summed E-state index contributed by atoms with van der Waals surface area (Å²) < 4.78 is 12.6. The molecule has 5 aromatic rings. The number of benzene rings is 5. The summed E-state index contributed by atoms with van der Waals surface area (Å²) in [6, 6.07) is 35.8. The van der Waals surface area contributed by atoms with Gasteiger partial charge in [0.05, 0.1) is 36.7 Å². The van der Waals surface area contributed by atoms with Gasteiger partial charge in [-0.1, -0.05) is 87.5 Å². The maximum Gasteiger partial charge on any atom is 0.264 e. The summed E-state index contributed by atoms with van der Waals surface area (Å²) >= 11 is 0. The van der Waals surface area contributed by atoms with Gasteiger partial charge in [-0.25, -0.2) is 0 Å². The molecule has 8 rings (SSSR count). The van der Waals surface area contributed by atoms with E-state index in [-0.39, 0.29) is 30.3 Å². The number of methoxy groups -OCH3 is 1. The van der Waals surface area contributed by atoms with E-state index >= 15 is 4.79 Å². The van der Waals surface area contributed by atoms with Crippen LogP contribution in [0.2, 0.25) is 0 Å². The Morgan fingerprint density at radius 2 is 1.61 bits per heavy atom. The summed E-state index contributed by atoms with van der Waals surface area (Å²) in [5.41, 5.74) is 4.07. The zero-order chi connectivity index (χ0) is 34.1. The Bertz CT molecular complexity index is 2090. The summed E-state index contributed by atoms with van der Waals surface area (Å²) in [4.78, 5) is 32.7. The molecule has 1 N–H and O–H groups in total. The van der Waals surface area contributed by atoms with Crippen molar-refractivity contribution in [2.24, 2.45) is 11.8 Å². The third-order valence-electron chi connectivity index (χ3n) is 11.2. The van der Waals surface area contributed by atoms with Gasteiger partial charge in [-0.15, -0.1) is 0 Å². The lowest BCUT2D eigenvalue weighted by Crippen LogP contribution is -2.45. The van der Waals surface area contributed by atoms with Gasteiger partial charge >= 0.3 is 0 Å². The number of carbonyl (C=O) groups excluding carboxylic acids is 2. The Morgan fingerprint density at radius 3 is 2.33 bits per heavy atom. The molecule has 5 aromatic carbocycles. The second kappa shape index (κ2) is 11.6. The Labute approximate surface area is 286 Å². The fraction of sp³-hybridized carbons (Fsp3) is 0.286. The van der Waals surface area contributed by atoms with Gasteiger partial charge in [-0.2, -0.15) is 0 Å². The van der Waals surface area contributed by atoms with Gasteiger partial charge in [0, 0.05) is 35.1 Å². The predicted molar refractivity (Wildman–Crippen MR) is 191 cm³/mol. The van der Waals surface area contributed by atoms with E-state index in [0.29, 0.717) is 24.2 Å². The highest BCUT2D eigenvalue weighted by Crippen LogP contribution is 2.60. The molecule has 3 aliphatic heterocycles. The summed E-state index contributed by atoms with van der Waals surface area (Å²) in [6.07, 6.45) is -0.0140. The number of fused-ring (bicyclic) bond motifs is 2. The van der Waals surface area contributed by atoms with Crippen molar-refractivity contribution < 1.29 is 24.2 Å². The molecule has 0 saturated carbocycles. The Hall–Kier alpha value is -4.98. The zero-order valence-electron chi connectivity index (χ0n) is 28.2. The van der Waals surface area contributed by atoms with Crippen molar-refractivity contribution in [1.82, 2.24) is 0 Å². The zero-order valence-corrected chi connectivity index (χ0v) is 28.2. The second-order valence-corrected chi connectivity index (χ2v) is 14.1. The first-order chi connectivity index (χ1) is 23.7. The molecule has 0 radical (unpaired) electrons. The highest BCUT2D eigenvalue weighted by Gasteiger charge is 2.66. The van der Waals surface area contributed by atoms with Crippen LogP contribution in [0.4, 0.5) is 17.1 Å². The lowest BCUT2D eigenvalue weighted by atomic mass is 9.63. The second-order valence-electron chi connectivity index (χ2n) is 14.1. The topological polar surface area (TPSA) is 79.3 Å². The third-order valence-corrected chi connectivity index (χ3v) is 11.2. The highest BCUT2D eigenvalue weighted by molar-refractivity contribution is 6.28. The first-order valence-corrected chi connectivity index (χ1v) is 17.0. The molecule has 1 fully saturated rings. The normalized spacial score (nSPS) is 22.8. The Balaban J connectivity index is 1.28. The van der Waals surface area contributed by atoms with Crippen LogP contribution in [0, 0.1) is 11.8 Å². The molecule has 0 bridgehead atoms. The Morgan fingerprint density at radius 1 is 0.878 bits per heavy atom. The first-order valence-electron chi connectivity index (χ1n) is 17.0. The number of hydrogen-bond donors (Lipinski definition) is 1. The van der Waals surface area contributed by atoms with Crippen molar-refractivity contribution in [3.63, 3.8) is 0 Å². The molecule has 0 aliphatic carbocycles. The number of rotatable bonds is 8. The number of anilines is 3. The maximum atomic E-state index is 15.1. The van der Waals surface area contributed by atoms with Crippen LogP contribution in [0.25, 0.3) is 10.8 Å². The molecule has 7 nitrogen and oxygen atoms in total. The van der Waals surface area contributed by atoms with E-state index < -0.39 is 17.1 Å². The van der Waals surface area contributed by atoms with Gasteiger partial charge in [-0.05, 0) is 70.8 Å². The number of ether oxygens (including phenoxy) is 2. The number of aliphatic hydroxyl groups is 1. The molecule has 1 spiro atoms. The van der Waals surface area contributed by atoms with E-state index in [9.17, 15) is 9.90 Å². The minimum Gasteiger partial charge on any atom is -0.497 e. The van der Waals surface area contributed by atoms with E-state index in [1.807, 2.05) is 102 Å². The highest BCUT2D eigenvalue weighted by atomic mass is 16.5. The number of amides is 2. The molecule has 3 heterocycles. The van der Waals surface area contributed by atoms with Crippen molar-refractivity contribution in [1.29, 1.82) is 0 Å². The summed E-state index contributed by atoms with van der Waals surface area (Å²) in [5, 5.41) is 12.3. The molecular formula is C42H40N2O5. The van der Waals surface area contributed by atoms with Gasteiger partial charge in [0.1, 0.15) is 5.75 Å². The van der Waals surface area contributed by atoms with Crippen LogP contribution in [-0.2, 0) is 27.1 Å². The van der Waals surface area contributed by atoms with Crippen molar-refractivity contribution in [2.75, 3.05) is 23.5 Å². The molecule has 0 aromatic heterocycles. The molecule has 7 heteroatoms. The van der Waals surface area contributed by atoms with E-state index in [4.69, 9.17) is 9.47 Å². The van der Waals surface area contributed by atoms with E-state index in [1.165, 1.54) is 0 Å². The molecular weight excluding hydrogens is 612 g/mol. The van der Waals surface area contributed by atoms with E-state index in [0.717, 1.165) is 44.6 Å².